The Labute approximate surface area is 166 Å². The van der Waals surface area contributed by atoms with Crippen LogP contribution >= 0.6 is 0 Å². The summed E-state index contributed by atoms with van der Waals surface area (Å²) >= 11 is 0. The van der Waals surface area contributed by atoms with E-state index in [9.17, 15) is 19.5 Å². The standard InChI is InChI=1S/C21H17N3O5/c25-15-4-3-14(22-11-15)2-1-9-29-16-5-6-17-13(10-16)12-24(21(17)28)18-7-8-19(26)23-20(18)27/h3-6,10-11,18,25H,7-9,12H2,(H,23,26,27). The van der Waals surface area contributed by atoms with Crippen LogP contribution in [0.2, 0.25) is 0 Å². The average Bonchev–Trinajstić information content (AvgIpc) is 3.02. The predicted molar refractivity (Wildman–Crippen MR) is 101 cm³/mol. The molecular weight excluding hydrogens is 374 g/mol. The van der Waals surface area contributed by atoms with Gasteiger partial charge in [-0.3, -0.25) is 19.7 Å². The van der Waals surface area contributed by atoms with Gasteiger partial charge in [0.15, 0.2) is 0 Å². The highest BCUT2D eigenvalue weighted by molar-refractivity contribution is 6.05. The number of aromatic nitrogens is 1. The summed E-state index contributed by atoms with van der Waals surface area (Å²) in [6.07, 6.45) is 1.87. The number of nitrogens with one attached hydrogen (secondary N) is 1. The van der Waals surface area contributed by atoms with Crippen molar-refractivity contribution in [2.24, 2.45) is 0 Å². The van der Waals surface area contributed by atoms with E-state index >= 15 is 0 Å². The SMILES string of the molecule is O=C1CCC(N2Cc3cc(OCC#Cc4ccc(O)cn4)ccc3C2=O)C(=O)N1. The number of aromatic hydroxyl groups is 1. The summed E-state index contributed by atoms with van der Waals surface area (Å²) in [5, 5.41) is 11.5. The van der Waals surface area contributed by atoms with Crippen LogP contribution in [0.4, 0.5) is 0 Å². The van der Waals surface area contributed by atoms with Crippen LogP contribution in [0.5, 0.6) is 11.5 Å². The molecule has 3 amide bonds. The third-order valence-corrected chi connectivity index (χ3v) is 4.77. The van der Waals surface area contributed by atoms with Gasteiger partial charge in [-0.15, -0.1) is 0 Å². The molecule has 3 heterocycles. The second-order valence-corrected chi connectivity index (χ2v) is 6.71. The predicted octanol–water partition coefficient (Wildman–Crippen LogP) is 0.979. The number of hydrogen-bond donors (Lipinski definition) is 2. The molecule has 2 N–H and O–H groups in total. The van der Waals surface area contributed by atoms with Crippen molar-refractivity contribution in [2.45, 2.75) is 25.4 Å². The van der Waals surface area contributed by atoms with Crippen LogP contribution < -0.4 is 10.1 Å². The Kier molecular flexibility index (Phi) is 4.87. The number of carbonyl (C=O) groups excluding carboxylic acids is 3. The van der Waals surface area contributed by atoms with Gasteiger partial charge >= 0.3 is 0 Å². The molecule has 146 valence electrons. The molecular formula is C21H17N3O5. The number of amides is 3. The van der Waals surface area contributed by atoms with E-state index in [-0.39, 0.29) is 30.6 Å². The maximum Gasteiger partial charge on any atom is 0.255 e. The molecule has 1 aromatic carbocycles. The van der Waals surface area contributed by atoms with Crippen LogP contribution in [0, 0.1) is 11.8 Å². The maximum absolute atomic E-state index is 12.6. The Morgan fingerprint density at radius 2 is 2.10 bits per heavy atom. The third-order valence-electron chi connectivity index (χ3n) is 4.77. The molecule has 0 spiro atoms. The summed E-state index contributed by atoms with van der Waals surface area (Å²) in [6, 6.07) is 7.59. The van der Waals surface area contributed by atoms with Crippen molar-refractivity contribution in [2.75, 3.05) is 6.61 Å². The van der Waals surface area contributed by atoms with Crippen molar-refractivity contribution in [3.05, 3.63) is 53.3 Å². The van der Waals surface area contributed by atoms with Crippen molar-refractivity contribution < 1.29 is 24.2 Å². The van der Waals surface area contributed by atoms with Crippen LogP contribution in [0.15, 0.2) is 36.5 Å². The van der Waals surface area contributed by atoms with Gasteiger partial charge in [0.2, 0.25) is 11.8 Å². The van der Waals surface area contributed by atoms with E-state index in [4.69, 9.17) is 4.74 Å². The van der Waals surface area contributed by atoms with Gasteiger partial charge in [0.1, 0.15) is 29.8 Å². The molecule has 2 aliphatic rings. The normalized spacial score (nSPS) is 18.0. The highest BCUT2D eigenvalue weighted by Gasteiger charge is 2.39. The second kappa shape index (κ2) is 7.64. The number of imide groups is 1. The van der Waals surface area contributed by atoms with Crippen molar-refractivity contribution >= 4 is 17.7 Å². The van der Waals surface area contributed by atoms with Crippen LogP contribution in [-0.2, 0) is 16.1 Å². The Balaban J connectivity index is 1.40. The highest BCUT2D eigenvalue weighted by atomic mass is 16.5. The number of piperidine rings is 1. The van der Waals surface area contributed by atoms with Crippen molar-refractivity contribution in [3.8, 4) is 23.3 Å². The van der Waals surface area contributed by atoms with E-state index in [0.717, 1.165) is 5.56 Å². The fraction of sp³-hybridized carbons (Fsp3) is 0.238. The van der Waals surface area contributed by atoms with Gasteiger partial charge in [-0.25, -0.2) is 4.98 Å². The molecule has 1 unspecified atom stereocenters. The monoisotopic (exact) mass is 391 g/mol. The first-order valence-corrected chi connectivity index (χ1v) is 9.05. The molecule has 0 saturated carbocycles. The first-order valence-electron chi connectivity index (χ1n) is 9.05. The van der Waals surface area contributed by atoms with Gasteiger partial charge in [0.05, 0.1) is 6.20 Å². The number of hydrogen-bond acceptors (Lipinski definition) is 6. The minimum Gasteiger partial charge on any atom is -0.506 e. The van der Waals surface area contributed by atoms with Crippen molar-refractivity contribution in [1.29, 1.82) is 0 Å². The number of pyridine rings is 1. The fourth-order valence-corrected chi connectivity index (χ4v) is 3.35. The molecule has 1 aromatic heterocycles. The van der Waals surface area contributed by atoms with Crippen LogP contribution in [0.3, 0.4) is 0 Å². The summed E-state index contributed by atoms with van der Waals surface area (Å²) in [4.78, 5) is 41.5. The van der Waals surface area contributed by atoms with Crippen molar-refractivity contribution in [3.63, 3.8) is 0 Å². The lowest BCUT2D eigenvalue weighted by Gasteiger charge is -2.29. The topological polar surface area (TPSA) is 109 Å². The summed E-state index contributed by atoms with van der Waals surface area (Å²) in [5.41, 5.74) is 1.82. The molecule has 2 aliphatic heterocycles. The lowest BCUT2D eigenvalue weighted by Crippen LogP contribution is -2.52. The smallest absolute Gasteiger partial charge is 0.255 e. The lowest BCUT2D eigenvalue weighted by atomic mass is 10.0. The Bertz CT molecular complexity index is 1050. The van der Waals surface area contributed by atoms with Gasteiger partial charge in [-0.05, 0) is 48.2 Å². The Morgan fingerprint density at radius 3 is 2.86 bits per heavy atom. The van der Waals surface area contributed by atoms with Gasteiger partial charge in [-0.1, -0.05) is 5.92 Å². The molecule has 0 bridgehead atoms. The molecule has 0 radical (unpaired) electrons. The second-order valence-electron chi connectivity index (χ2n) is 6.71. The number of nitrogens with zero attached hydrogens (tertiary/aromatic N) is 2. The molecule has 29 heavy (non-hydrogen) atoms. The summed E-state index contributed by atoms with van der Waals surface area (Å²) in [6.45, 7) is 0.424. The van der Waals surface area contributed by atoms with E-state index in [0.29, 0.717) is 30.0 Å². The Hall–Kier alpha value is -3.86. The fourth-order valence-electron chi connectivity index (χ4n) is 3.35. The zero-order valence-corrected chi connectivity index (χ0v) is 15.3. The number of benzene rings is 1. The summed E-state index contributed by atoms with van der Waals surface area (Å²) in [7, 11) is 0. The highest BCUT2D eigenvalue weighted by Crippen LogP contribution is 2.30. The first kappa shape index (κ1) is 18.5. The maximum atomic E-state index is 12.6. The molecule has 0 aliphatic carbocycles. The van der Waals surface area contributed by atoms with E-state index < -0.39 is 11.9 Å². The van der Waals surface area contributed by atoms with Gasteiger partial charge in [0.25, 0.3) is 5.91 Å². The average molecular weight is 391 g/mol. The molecule has 1 atom stereocenters. The van der Waals surface area contributed by atoms with Gasteiger partial charge < -0.3 is 14.7 Å². The molecule has 8 nitrogen and oxygen atoms in total. The minimum absolute atomic E-state index is 0.0749. The molecule has 1 saturated heterocycles. The summed E-state index contributed by atoms with van der Waals surface area (Å²) < 4.78 is 5.62. The third kappa shape index (κ3) is 3.89. The van der Waals surface area contributed by atoms with E-state index in [1.54, 1.807) is 24.3 Å². The van der Waals surface area contributed by atoms with E-state index in [1.165, 1.54) is 17.2 Å². The lowest BCUT2D eigenvalue weighted by molar-refractivity contribution is -0.136. The van der Waals surface area contributed by atoms with Gasteiger partial charge in [-0.2, -0.15) is 0 Å². The first-order chi connectivity index (χ1) is 14.0. The molecule has 1 fully saturated rings. The van der Waals surface area contributed by atoms with E-state index in [2.05, 4.69) is 22.1 Å². The zero-order valence-electron chi connectivity index (χ0n) is 15.3. The number of fused-ring (bicyclic) bond motifs is 1. The number of carbonyl (C=O) groups is 3. The van der Waals surface area contributed by atoms with Crippen molar-refractivity contribution in [1.82, 2.24) is 15.2 Å². The quantitative estimate of drug-likeness (QED) is 0.596. The van der Waals surface area contributed by atoms with Gasteiger partial charge in [0, 0.05) is 18.5 Å². The van der Waals surface area contributed by atoms with Crippen LogP contribution in [0.25, 0.3) is 0 Å². The number of ether oxygens (including phenoxy) is 1. The largest absolute Gasteiger partial charge is 0.506 e. The minimum atomic E-state index is -0.638. The van der Waals surface area contributed by atoms with E-state index in [1.807, 2.05) is 0 Å². The van der Waals surface area contributed by atoms with Crippen LogP contribution in [-0.4, -0.2) is 45.4 Å². The number of rotatable bonds is 3. The molecule has 8 heteroatoms. The zero-order chi connectivity index (χ0) is 20.4. The van der Waals surface area contributed by atoms with Crippen LogP contribution in [0.1, 0.15) is 34.5 Å². The summed E-state index contributed by atoms with van der Waals surface area (Å²) in [5.74, 6) is 5.34. The Morgan fingerprint density at radius 1 is 1.24 bits per heavy atom. The molecule has 2 aromatic rings. The molecule has 4 rings (SSSR count).